The van der Waals surface area contributed by atoms with Crippen LogP contribution in [0.5, 0.6) is 0 Å². The minimum atomic E-state index is 0.0875. The molecular formula is C16H20N4O. The Balaban J connectivity index is 1.76. The van der Waals surface area contributed by atoms with E-state index in [1.165, 1.54) is 11.9 Å². The summed E-state index contributed by atoms with van der Waals surface area (Å²) in [6.07, 6.45) is 2.85. The zero-order chi connectivity index (χ0) is 14.8. The monoisotopic (exact) mass is 284 g/mol. The predicted octanol–water partition coefficient (Wildman–Crippen LogP) is 2.33. The van der Waals surface area contributed by atoms with Gasteiger partial charge in [0, 0.05) is 24.3 Å². The van der Waals surface area contributed by atoms with Crippen molar-refractivity contribution >= 4 is 11.5 Å². The molecule has 110 valence electrons. The molecule has 2 heterocycles. The summed E-state index contributed by atoms with van der Waals surface area (Å²) in [6.45, 7) is 5.99. The Morgan fingerprint density at radius 1 is 1.43 bits per heavy atom. The summed E-state index contributed by atoms with van der Waals surface area (Å²) in [5.74, 6) is 1.30. The van der Waals surface area contributed by atoms with Crippen molar-refractivity contribution in [3.63, 3.8) is 0 Å². The summed E-state index contributed by atoms with van der Waals surface area (Å²) in [5, 5.41) is 7.51. The third kappa shape index (κ3) is 2.96. The van der Waals surface area contributed by atoms with Gasteiger partial charge < -0.3 is 5.32 Å². The molecule has 2 aromatic rings. The average molecular weight is 284 g/mol. The number of hydrogen-bond donors (Lipinski definition) is 1. The highest BCUT2D eigenvalue weighted by Gasteiger charge is 2.16. The van der Waals surface area contributed by atoms with E-state index >= 15 is 0 Å². The summed E-state index contributed by atoms with van der Waals surface area (Å²) in [6, 6.07) is 5.91. The molecule has 1 aliphatic rings. The molecular weight excluding hydrogens is 264 g/mol. The summed E-state index contributed by atoms with van der Waals surface area (Å²) >= 11 is 0. The van der Waals surface area contributed by atoms with Gasteiger partial charge >= 0.3 is 0 Å². The molecule has 0 amide bonds. The molecule has 1 aromatic heterocycles. The third-order valence-electron chi connectivity index (χ3n) is 3.69. The molecule has 21 heavy (non-hydrogen) atoms. The van der Waals surface area contributed by atoms with Gasteiger partial charge in [0.25, 0.3) is 0 Å². The quantitative estimate of drug-likeness (QED) is 0.856. The number of fused-ring (bicyclic) bond motifs is 1. The maximum Gasteiger partial charge on any atom is 0.170 e. The van der Waals surface area contributed by atoms with E-state index in [-0.39, 0.29) is 5.78 Å². The van der Waals surface area contributed by atoms with Gasteiger partial charge in [0.1, 0.15) is 12.2 Å². The maximum atomic E-state index is 12.4. The second kappa shape index (κ2) is 5.68. The average Bonchev–Trinajstić information content (AvgIpc) is 3.06. The molecule has 0 saturated carbocycles. The van der Waals surface area contributed by atoms with Crippen LogP contribution in [0.25, 0.3) is 0 Å². The van der Waals surface area contributed by atoms with E-state index in [0.717, 1.165) is 36.6 Å². The summed E-state index contributed by atoms with van der Waals surface area (Å²) in [7, 11) is 0. The molecule has 0 unspecified atom stereocenters. The van der Waals surface area contributed by atoms with Gasteiger partial charge in [-0.3, -0.25) is 4.79 Å². The lowest BCUT2D eigenvalue weighted by Crippen LogP contribution is -2.14. The van der Waals surface area contributed by atoms with E-state index in [1.54, 1.807) is 0 Å². The van der Waals surface area contributed by atoms with Gasteiger partial charge in [-0.05, 0) is 24.0 Å². The van der Waals surface area contributed by atoms with E-state index in [2.05, 4.69) is 29.2 Å². The van der Waals surface area contributed by atoms with Gasteiger partial charge in [-0.15, -0.1) is 0 Å². The van der Waals surface area contributed by atoms with Crippen molar-refractivity contribution < 1.29 is 4.79 Å². The van der Waals surface area contributed by atoms with Crippen molar-refractivity contribution in [2.45, 2.75) is 33.2 Å². The Labute approximate surface area is 124 Å². The first-order chi connectivity index (χ1) is 10.1. The molecule has 0 aliphatic carbocycles. The molecule has 0 spiro atoms. The van der Waals surface area contributed by atoms with E-state index in [1.807, 2.05) is 22.9 Å². The Morgan fingerprint density at radius 3 is 3.10 bits per heavy atom. The number of hydrogen-bond acceptors (Lipinski definition) is 4. The number of carbonyl (C=O) groups is 1. The lowest BCUT2D eigenvalue weighted by atomic mass is 10.0. The van der Waals surface area contributed by atoms with Gasteiger partial charge in [-0.25, -0.2) is 9.67 Å². The molecule has 1 N–H and O–H groups in total. The van der Waals surface area contributed by atoms with Crippen LogP contribution < -0.4 is 5.32 Å². The topological polar surface area (TPSA) is 59.8 Å². The van der Waals surface area contributed by atoms with Gasteiger partial charge in [0.05, 0.1) is 6.42 Å². The lowest BCUT2D eigenvalue weighted by molar-refractivity contribution is 0.0989. The number of carbonyl (C=O) groups excluding carboxylic acids is 1. The van der Waals surface area contributed by atoms with Crippen molar-refractivity contribution in [3.8, 4) is 0 Å². The van der Waals surface area contributed by atoms with Crippen LogP contribution in [0, 0.1) is 5.92 Å². The zero-order valence-corrected chi connectivity index (χ0v) is 12.5. The Morgan fingerprint density at radius 2 is 2.29 bits per heavy atom. The summed E-state index contributed by atoms with van der Waals surface area (Å²) in [4.78, 5) is 16.7. The molecule has 0 saturated heterocycles. The van der Waals surface area contributed by atoms with Crippen molar-refractivity contribution in [2.24, 2.45) is 5.92 Å². The van der Waals surface area contributed by atoms with Crippen LogP contribution >= 0.6 is 0 Å². The van der Waals surface area contributed by atoms with Crippen molar-refractivity contribution in [1.29, 1.82) is 0 Å². The molecule has 0 radical (unpaired) electrons. The summed E-state index contributed by atoms with van der Waals surface area (Å²) in [5.41, 5.74) is 3.11. The van der Waals surface area contributed by atoms with Crippen LogP contribution in [-0.4, -0.2) is 27.1 Å². The predicted molar refractivity (Wildman–Crippen MR) is 81.5 cm³/mol. The molecule has 5 nitrogen and oxygen atoms in total. The minimum Gasteiger partial charge on any atom is -0.384 e. The Bertz CT molecular complexity index is 660. The SMILES string of the molecule is CC(C)Cn1ncnc1CC(=O)c1ccc2c(c1)NCC2. The second-order valence-corrected chi connectivity index (χ2v) is 5.90. The number of Topliss-reactive ketones (excluding diaryl/α,β-unsaturated/α-hetero) is 1. The first-order valence-electron chi connectivity index (χ1n) is 7.40. The number of aromatic nitrogens is 3. The maximum absolute atomic E-state index is 12.4. The fourth-order valence-corrected chi connectivity index (χ4v) is 2.63. The fraction of sp³-hybridized carbons (Fsp3) is 0.438. The lowest BCUT2D eigenvalue weighted by Gasteiger charge is -2.08. The van der Waals surface area contributed by atoms with Gasteiger partial charge in [0.15, 0.2) is 5.78 Å². The van der Waals surface area contributed by atoms with Crippen LogP contribution in [0.2, 0.25) is 0 Å². The molecule has 0 atom stereocenters. The highest BCUT2D eigenvalue weighted by Crippen LogP contribution is 2.23. The van der Waals surface area contributed by atoms with Crippen molar-refractivity contribution in [1.82, 2.24) is 14.8 Å². The van der Waals surface area contributed by atoms with Gasteiger partial charge in [-0.1, -0.05) is 26.0 Å². The first-order valence-corrected chi connectivity index (χ1v) is 7.40. The number of ketones is 1. The standard InChI is InChI=1S/C16H20N4O/c1-11(2)9-20-16(18-10-19-20)8-15(21)13-4-3-12-5-6-17-14(12)7-13/h3-4,7,10-11,17H,5-6,8-9H2,1-2H3. The molecule has 0 fully saturated rings. The smallest absolute Gasteiger partial charge is 0.170 e. The zero-order valence-electron chi connectivity index (χ0n) is 12.5. The van der Waals surface area contributed by atoms with Crippen molar-refractivity contribution in [2.75, 3.05) is 11.9 Å². The number of rotatable bonds is 5. The highest BCUT2D eigenvalue weighted by molar-refractivity contribution is 5.98. The van der Waals surface area contributed by atoms with Crippen molar-refractivity contribution in [3.05, 3.63) is 41.5 Å². The number of benzene rings is 1. The second-order valence-electron chi connectivity index (χ2n) is 5.90. The Kier molecular flexibility index (Phi) is 3.73. The minimum absolute atomic E-state index is 0.0875. The summed E-state index contributed by atoms with van der Waals surface area (Å²) < 4.78 is 1.83. The van der Waals surface area contributed by atoms with Gasteiger partial charge in [-0.2, -0.15) is 5.10 Å². The van der Waals surface area contributed by atoms with Crippen LogP contribution in [-0.2, 0) is 19.4 Å². The highest BCUT2D eigenvalue weighted by atomic mass is 16.1. The normalized spacial score (nSPS) is 13.3. The third-order valence-corrected chi connectivity index (χ3v) is 3.69. The molecule has 5 heteroatoms. The van der Waals surface area contributed by atoms with Gasteiger partial charge in [0.2, 0.25) is 0 Å². The first kappa shape index (κ1) is 13.8. The molecule has 3 rings (SSSR count). The number of anilines is 1. The molecule has 1 aliphatic heterocycles. The van der Waals surface area contributed by atoms with Crippen LogP contribution in [0.3, 0.4) is 0 Å². The Hall–Kier alpha value is -2.17. The molecule has 0 bridgehead atoms. The van der Waals surface area contributed by atoms with Crippen LogP contribution in [0.1, 0.15) is 35.6 Å². The number of nitrogens with zero attached hydrogens (tertiary/aromatic N) is 3. The van der Waals surface area contributed by atoms with E-state index in [4.69, 9.17) is 0 Å². The van der Waals surface area contributed by atoms with Crippen LogP contribution in [0.15, 0.2) is 24.5 Å². The largest absolute Gasteiger partial charge is 0.384 e. The number of nitrogens with one attached hydrogen (secondary N) is 1. The fourth-order valence-electron chi connectivity index (χ4n) is 2.63. The van der Waals surface area contributed by atoms with E-state index < -0.39 is 0 Å². The van der Waals surface area contributed by atoms with E-state index in [0.29, 0.717) is 12.3 Å². The van der Waals surface area contributed by atoms with Crippen LogP contribution in [0.4, 0.5) is 5.69 Å². The van der Waals surface area contributed by atoms with E-state index in [9.17, 15) is 4.79 Å². The molecule has 1 aromatic carbocycles.